The van der Waals surface area contributed by atoms with Crippen molar-refractivity contribution in [2.45, 2.75) is 6.92 Å². The molecule has 0 unspecified atom stereocenters. The number of fused-ring (bicyclic) bond motifs is 1. The Hall–Kier alpha value is -4.00. The summed E-state index contributed by atoms with van der Waals surface area (Å²) in [6, 6.07) is 17.8. The summed E-state index contributed by atoms with van der Waals surface area (Å²) >= 11 is 0. The third-order valence-electron chi connectivity index (χ3n) is 4.80. The van der Waals surface area contributed by atoms with Gasteiger partial charge in [-0.2, -0.15) is 0 Å². The first-order valence-corrected chi connectivity index (χ1v) is 9.47. The monoisotopic (exact) mass is 399 g/mol. The molecule has 150 valence electrons. The zero-order valence-corrected chi connectivity index (χ0v) is 17.0. The number of nitrogens with zero attached hydrogens (tertiary/aromatic N) is 4. The van der Waals surface area contributed by atoms with E-state index in [-0.39, 0.29) is 11.5 Å². The molecule has 7 heteroatoms. The molecule has 4 rings (SSSR count). The number of amides is 1. The maximum absolute atomic E-state index is 12.9. The number of hydrogen-bond donors (Lipinski definition) is 1. The Morgan fingerprint density at radius 2 is 1.73 bits per heavy atom. The topological polar surface area (TPSA) is 80.1 Å². The van der Waals surface area contributed by atoms with Crippen LogP contribution in [0.3, 0.4) is 0 Å². The Bertz CT molecular complexity index is 1280. The van der Waals surface area contributed by atoms with Gasteiger partial charge in [0.05, 0.1) is 28.5 Å². The minimum Gasteiger partial charge on any atom is -0.363 e. The maximum atomic E-state index is 12.9. The van der Waals surface area contributed by atoms with Gasteiger partial charge in [0.1, 0.15) is 11.6 Å². The Kier molecular flexibility index (Phi) is 5.02. The number of nitrogens with one attached hydrogen (secondary N) is 1. The van der Waals surface area contributed by atoms with Crippen LogP contribution in [0.1, 0.15) is 16.2 Å². The van der Waals surface area contributed by atoms with Crippen LogP contribution in [0.5, 0.6) is 0 Å². The molecule has 0 aliphatic heterocycles. The third kappa shape index (κ3) is 3.65. The standard InChI is InChI=1S/C23H21N5O2/c1-15-25-20-7-5-4-6-19(20)23(30)28(15)18-11-8-16(9-12-18)22(29)26-17-10-13-21(24-14-17)27(2)3/h4-14H,1-3H3,(H,26,29). The molecule has 1 amide bonds. The first kappa shape index (κ1) is 19.3. The molecule has 0 spiro atoms. The predicted octanol–water partition coefficient (Wildman–Crippen LogP) is 3.41. The summed E-state index contributed by atoms with van der Waals surface area (Å²) in [7, 11) is 3.81. The van der Waals surface area contributed by atoms with Crippen molar-refractivity contribution in [2.24, 2.45) is 0 Å². The van der Waals surface area contributed by atoms with E-state index in [1.54, 1.807) is 54.1 Å². The molecule has 0 saturated heterocycles. The van der Waals surface area contributed by atoms with Crippen molar-refractivity contribution in [1.82, 2.24) is 14.5 Å². The number of carbonyl (C=O) groups is 1. The summed E-state index contributed by atoms with van der Waals surface area (Å²) in [5, 5.41) is 3.38. The van der Waals surface area contributed by atoms with Crippen LogP contribution in [0.4, 0.5) is 11.5 Å². The van der Waals surface area contributed by atoms with Crippen molar-refractivity contribution < 1.29 is 4.79 Å². The summed E-state index contributed by atoms with van der Waals surface area (Å²) < 4.78 is 1.55. The van der Waals surface area contributed by atoms with Gasteiger partial charge in [0, 0.05) is 19.7 Å². The molecule has 7 nitrogen and oxygen atoms in total. The van der Waals surface area contributed by atoms with Crippen molar-refractivity contribution in [3.05, 3.63) is 88.6 Å². The average Bonchev–Trinajstić information content (AvgIpc) is 2.74. The molecule has 0 fully saturated rings. The van der Waals surface area contributed by atoms with Crippen LogP contribution in [-0.2, 0) is 0 Å². The number of aromatic nitrogens is 3. The van der Waals surface area contributed by atoms with Gasteiger partial charge >= 0.3 is 0 Å². The number of aryl methyl sites for hydroxylation is 1. The molecule has 0 aliphatic carbocycles. The Labute approximate surface area is 173 Å². The molecule has 0 atom stereocenters. The molecule has 0 aliphatic rings. The normalized spacial score (nSPS) is 10.8. The van der Waals surface area contributed by atoms with Gasteiger partial charge in [0.15, 0.2) is 0 Å². The molecule has 4 aromatic rings. The summed E-state index contributed by atoms with van der Waals surface area (Å²) in [5.41, 5.74) is 2.28. The third-order valence-corrected chi connectivity index (χ3v) is 4.80. The SMILES string of the molecule is Cc1nc2ccccc2c(=O)n1-c1ccc(C(=O)Nc2ccc(N(C)C)nc2)cc1. The molecule has 0 radical (unpaired) electrons. The molecule has 0 saturated carbocycles. The van der Waals surface area contributed by atoms with Crippen LogP contribution in [0.25, 0.3) is 16.6 Å². The zero-order chi connectivity index (χ0) is 21.3. The Balaban J connectivity index is 1.59. The van der Waals surface area contributed by atoms with E-state index in [1.165, 1.54) is 0 Å². The predicted molar refractivity (Wildman–Crippen MR) is 119 cm³/mol. The van der Waals surface area contributed by atoms with Gasteiger partial charge in [-0.1, -0.05) is 12.1 Å². The first-order valence-electron chi connectivity index (χ1n) is 9.47. The highest BCUT2D eigenvalue weighted by Crippen LogP contribution is 2.16. The molecular formula is C23H21N5O2. The lowest BCUT2D eigenvalue weighted by Gasteiger charge is -2.12. The number of pyridine rings is 1. The zero-order valence-electron chi connectivity index (χ0n) is 17.0. The molecule has 0 bridgehead atoms. The van der Waals surface area contributed by atoms with E-state index in [1.807, 2.05) is 43.3 Å². The fourth-order valence-electron chi connectivity index (χ4n) is 3.24. The maximum Gasteiger partial charge on any atom is 0.265 e. The number of carbonyl (C=O) groups excluding carboxylic acids is 1. The lowest BCUT2D eigenvalue weighted by atomic mass is 10.1. The highest BCUT2D eigenvalue weighted by Gasteiger charge is 2.11. The van der Waals surface area contributed by atoms with Crippen LogP contribution in [0.2, 0.25) is 0 Å². The van der Waals surface area contributed by atoms with Crippen molar-refractivity contribution in [1.29, 1.82) is 0 Å². The van der Waals surface area contributed by atoms with Crippen LogP contribution in [0.15, 0.2) is 71.7 Å². The minimum absolute atomic E-state index is 0.137. The smallest absolute Gasteiger partial charge is 0.265 e. The fourth-order valence-corrected chi connectivity index (χ4v) is 3.24. The second-order valence-corrected chi connectivity index (χ2v) is 7.12. The molecule has 2 aromatic carbocycles. The van der Waals surface area contributed by atoms with E-state index < -0.39 is 0 Å². The number of benzene rings is 2. The first-order chi connectivity index (χ1) is 14.4. The highest BCUT2D eigenvalue weighted by molar-refractivity contribution is 6.04. The van der Waals surface area contributed by atoms with E-state index in [0.29, 0.717) is 33.7 Å². The van der Waals surface area contributed by atoms with E-state index >= 15 is 0 Å². The largest absolute Gasteiger partial charge is 0.363 e. The Morgan fingerprint density at radius 3 is 2.40 bits per heavy atom. The summed E-state index contributed by atoms with van der Waals surface area (Å²) in [6.07, 6.45) is 1.62. The van der Waals surface area contributed by atoms with E-state index in [0.717, 1.165) is 5.82 Å². The van der Waals surface area contributed by atoms with E-state index in [2.05, 4.69) is 15.3 Å². The van der Waals surface area contributed by atoms with Gasteiger partial charge in [-0.05, 0) is 55.5 Å². The molecule has 2 heterocycles. The number of hydrogen-bond acceptors (Lipinski definition) is 5. The summed E-state index contributed by atoms with van der Waals surface area (Å²) in [5.74, 6) is 1.15. The van der Waals surface area contributed by atoms with Gasteiger partial charge < -0.3 is 10.2 Å². The number of rotatable bonds is 4. The molecule has 1 N–H and O–H groups in total. The highest BCUT2D eigenvalue weighted by atomic mass is 16.1. The van der Waals surface area contributed by atoms with Gasteiger partial charge in [-0.3, -0.25) is 14.2 Å². The fraction of sp³-hybridized carbons (Fsp3) is 0.130. The van der Waals surface area contributed by atoms with Crippen LogP contribution < -0.4 is 15.8 Å². The average molecular weight is 399 g/mol. The minimum atomic E-state index is -0.248. The lowest BCUT2D eigenvalue weighted by Crippen LogP contribution is -2.22. The molecule has 2 aromatic heterocycles. The summed E-state index contributed by atoms with van der Waals surface area (Å²) in [4.78, 5) is 36.2. The Morgan fingerprint density at radius 1 is 1.00 bits per heavy atom. The second kappa shape index (κ2) is 7.79. The van der Waals surface area contributed by atoms with Gasteiger partial charge in [0.25, 0.3) is 11.5 Å². The number of anilines is 2. The van der Waals surface area contributed by atoms with Gasteiger partial charge in [-0.15, -0.1) is 0 Å². The lowest BCUT2D eigenvalue weighted by molar-refractivity contribution is 0.102. The van der Waals surface area contributed by atoms with Gasteiger partial charge in [0.2, 0.25) is 0 Å². The summed E-state index contributed by atoms with van der Waals surface area (Å²) in [6.45, 7) is 1.79. The van der Waals surface area contributed by atoms with Crippen LogP contribution in [0, 0.1) is 6.92 Å². The van der Waals surface area contributed by atoms with E-state index in [9.17, 15) is 9.59 Å². The van der Waals surface area contributed by atoms with Crippen molar-refractivity contribution in [3.8, 4) is 5.69 Å². The van der Waals surface area contributed by atoms with Crippen LogP contribution >= 0.6 is 0 Å². The quantitative estimate of drug-likeness (QED) is 0.569. The molecular weight excluding hydrogens is 378 g/mol. The van der Waals surface area contributed by atoms with Crippen molar-refractivity contribution in [3.63, 3.8) is 0 Å². The van der Waals surface area contributed by atoms with Gasteiger partial charge in [-0.25, -0.2) is 9.97 Å². The van der Waals surface area contributed by atoms with Crippen LogP contribution in [-0.4, -0.2) is 34.5 Å². The molecule has 30 heavy (non-hydrogen) atoms. The number of para-hydroxylation sites is 1. The van der Waals surface area contributed by atoms with Crippen molar-refractivity contribution in [2.75, 3.05) is 24.3 Å². The van der Waals surface area contributed by atoms with E-state index in [4.69, 9.17) is 0 Å². The van der Waals surface area contributed by atoms with Crippen molar-refractivity contribution >= 4 is 28.3 Å². The second-order valence-electron chi connectivity index (χ2n) is 7.12.